The van der Waals surface area contributed by atoms with Gasteiger partial charge in [-0.1, -0.05) is 41.9 Å². The summed E-state index contributed by atoms with van der Waals surface area (Å²) in [5, 5.41) is 3.05. The number of aromatic nitrogens is 2. The van der Waals surface area contributed by atoms with Crippen molar-refractivity contribution in [2.75, 3.05) is 0 Å². The van der Waals surface area contributed by atoms with E-state index in [9.17, 15) is 9.18 Å². The van der Waals surface area contributed by atoms with Crippen LogP contribution in [0.1, 0.15) is 16.7 Å². The Morgan fingerprint density at radius 3 is 2.60 bits per heavy atom. The second kappa shape index (κ2) is 7.94. The molecule has 0 saturated carbocycles. The minimum Gasteiger partial charge on any atom is -0.352 e. The summed E-state index contributed by atoms with van der Waals surface area (Å²) < 4.78 is 15.7. The van der Waals surface area contributed by atoms with Crippen LogP contribution in [-0.2, 0) is 24.3 Å². The van der Waals surface area contributed by atoms with E-state index in [1.807, 2.05) is 35.0 Å². The quantitative estimate of drug-likeness (QED) is 0.733. The predicted molar refractivity (Wildman–Crippen MR) is 94.7 cm³/mol. The normalized spacial score (nSPS) is 10.6. The van der Waals surface area contributed by atoms with Crippen molar-refractivity contribution in [1.29, 1.82) is 0 Å². The number of nitrogens with zero attached hydrogens (tertiary/aromatic N) is 2. The first-order chi connectivity index (χ1) is 12.1. The number of nitrogens with one attached hydrogen (secondary N) is 1. The maximum absolute atomic E-state index is 13.7. The lowest BCUT2D eigenvalue weighted by Gasteiger charge is -2.09. The average molecular weight is 358 g/mol. The van der Waals surface area contributed by atoms with Gasteiger partial charge >= 0.3 is 0 Å². The van der Waals surface area contributed by atoms with Gasteiger partial charge in [0.15, 0.2) is 0 Å². The van der Waals surface area contributed by atoms with Crippen LogP contribution in [0.2, 0.25) is 5.02 Å². The number of carbonyl (C=O) groups excluding carboxylic acids is 1. The van der Waals surface area contributed by atoms with Crippen molar-refractivity contribution in [2.45, 2.75) is 19.5 Å². The van der Waals surface area contributed by atoms with Gasteiger partial charge in [0, 0.05) is 36.1 Å². The largest absolute Gasteiger partial charge is 0.352 e. The first-order valence-corrected chi connectivity index (χ1v) is 8.23. The monoisotopic (exact) mass is 357 g/mol. The molecule has 1 aromatic heterocycles. The van der Waals surface area contributed by atoms with Gasteiger partial charge in [-0.15, -0.1) is 0 Å². The number of amides is 1. The van der Waals surface area contributed by atoms with Crippen molar-refractivity contribution >= 4 is 17.5 Å². The molecule has 4 nitrogen and oxygen atoms in total. The molecule has 0 aliphatic carbocycles. The van der Waals surface area contributed by atoms with Crippen LogP contribution < -0.4 is 5.32 Å². The summed E-state index contributed by atoms with van der Waals surface area (Å²) in [6, 6.07) is 12.3. The number of hydrogen-bond acceptors (Lipinski definition) is 2. The second-order valence-electron chi connectivity index (χ2n) is 5.71. The molecule has 0 fully saturated rings. The van der Waals surface area contributed by atoms with Crippen LogP contribution in [0, 0.1) is 5.82 Å². The molecule has 3 rings (SSSR count). The summed E-state index contributed by atoms with van der Waals surface area (Å²) in [7, 11) is 0. The Labute approximate surface area is 150 Å². The van der Waals surface area contributed by atoms with Crippen LogP contribution in [0.15, 0.2) is 61.2 Å². The highest BCUT2D eigenvalue weighted by atomic mass is 35.5. The minimum atomic E-state index is -0.466. The Morgan fingerprint density at radius 2 is 1.92 bits per heavy atom. The Morgan fingerprint density at radius 1 is 1.16 bits per heavy atom. The number of halogens is 2. The lowest BCUT2D eigenvalue weighted by atomic mass is 10.1. The molecule has 0 spiro atoms. The van der Waals surface area contributed by atoms with Gasteiger partial charge in [-0.25, -0.2) is 9.37 Å². The van der Waals surface area contributed by atoms with Crippen LogP contribution in [0.4, 0.5) is 4.39 Å². The molecule has 1 heterocycles. The molecule has 2 aromatic carbocycles. The molecule has 0 atom stereocenters. The molecular weight excluding hydrogens is 341 g/mol. The molecule has 3 aromatic rings. The van der Waals surface area contributed by atoms with Crippen LogP contribution in [0.25, 0.3) is 0 Å². The number of imidazole rings is 1. The van der Waals surface area contributed by atoms with E-state index in [1.165, 1.54) is 12.1 Å². The molecule has 1 amide bonds. The van der Waals surface area contributed by atoms with E-state index >= 15 is 0 Å². The standard InChI is InChI=1S/C19H17ClFN3O/c20-17-2-1-3-18(21)16(17)10-19(25)23-11-14-4-6-15(7-5-14)12-24-9-8-22-13-24/h1-9,13H,10-12H2,(H,23,25). The second-order valence-corrected chi connectivity index (χ2v) is 6.11. The number of rotatable bonds is 6. The Kier molecular flexibility index (Phi) is 5.46. The van der Waals surface area contributed by atoms with E-state index in [2.05, 4.69) is 10.3 Å². The molecule has 0 radical (unpaired) electrons. The molecule has 1 N–H and O–H groups in total. The summed E-state index contributed by atoms with van der Waals surface area (Å²) in [5.74, 6) is -0.735. The third-order valence-corrected chi connectivity index (χ3v) is 4.19. The minimum absolute atomic E-state index is 0.0791. The van der Waals surface area contributed by atoms with E-state index in [4.69, 9.17) is 11.6 Å². The lowest BCUT2D eigenvalue weighted by Crippen LogP contribution is -2.25. The highest BCUT2D eigenvalue weighted by molar-refractivity contribution is 6.31. The van der Waals surface area contributed by atoms with Crippen molar-refractivity contribution < 1.29 is 9.18 Å². The van der Waals surface area contributed by atoms with Gasteiger partial charge < -0.3 is 9.88 Å². The topological polar surface area (TPSA) is 46.9 Å². The molecule has 0 unspecified atom stereocenters. The molecule has 0 aliphatic heterocycles. The van der Waals surface area contributed by atoms with Crippen LogP contribution >= 0.6 is 11.6 Å². The first-order valence-electron chi connectivity index (χ1n) is 7.85. The third-order valence-electron chi connectivity index (χ3n) is 3.84. The summed E-state index contributed by atoms with van der Waals surface area (Å²) >= 11 is 5.94. The fourth-order valence-corrected chi connectivity index (χ4v) is 2.71. The predicted octanol–water partition coefficient (Wildman–Crippen LogP) is 3.58. The van der Waals surface area contributed by atoms with E-state index in [1.54, 1.807) is 18.6 Å². The van der Waals surface area contributed by atoms with Gasteiger partial charge in [-0.2, -0.15) is 0 Å². The fourth-order valence-electron chi connectivity index (χ4n) is 2.48. The molecule has 0 saturated heterocycles. The van der Waals surface area contributed by atoms with Crippen LogP contribution in [0.3, 0.4) is 0 Å². The maximum Gasteiger partial charge on any atom is 0.224 e. The van der Waals surface area contributed by atoms with Crippen molar-refractivity contribution in [3.63, 3.8) is 0 Å². The van der Waals surface area contributed by atoms with Crippen LogP contribution in [0.5, 0.6) is 0 Å². The fraction of sp³-hybridized carbons (Fsp3) is 0.158. The van der Waals surface area contributed by atoms with Gasteiger partial charge in [0.1, 0.15) is 5.82 Å². The SMILES string of the molecule is O=C(Cc1c(F)cccc1Cl)NCc1ccc(Cn2ccnc2)cc1. The van der Waals surface area contributed by atoms with Crippen molar-refractivity contribution in [3.05, 3.63) is 88.7 Å². The zero-order chi connectivity index (χ0) is 17.6. The number of benzene rings is 2. The van der Waals surface area contributed by atoms with E-state index in [0.29, 0.717) is 6.54 Å². The first kappa shape index (κ1) is 17.2. The van der Waals surface area contributed by atoms with Gasteiger partial charge in [0.05, 0.1) is 12.7 Å². The highest BCUT2D eigenvalue weighted by Gasteiger charge is 2.11. The zero-order valence-electron chi connectivity index (χ0n) is 13.5. The number of carbonyl (C=O) groups is 1. The highest BCUT2D eigenvalue weighted by Crippen LogP contribution is 2.19. The Hall–Kier alpha value is -2.66. The molecular formula is C19H17ClFN3O. The summed E-state index contributed by atoms with van der Waals surface area (Å²) in [4.78, 5) is 16.0. The Bertz CT molecular complexity index is 827. The summed E-state index contributed by atoms with van der Waals surface area (Å²) in [5.41, 5.74) is 2.34. The Balaban J connectivity index is 1.53. The molecule has 0 bridgehead atoms. The zero-order valence-corrected chi connectivity index (χ0v) is 14.2. The number of hydrogen-bond donors (Lipinski definition) is 1. The third kappa shape index (κ3) is 4.67. The molecule has 6 heteroatoms. The van der Waals surface area contributed by atoms with Crippen LogP contribution in [-0.4, -0.2) is 15.5 Å². The van der Waals surface area contributed by atoms with Crippen molar-refractivity contribution in [2.24, 2.45) is 0 Å². The van der Waals surface area contributed by atoms with Gasteiger partial charge in [-0.3, -0.25) is 4.79 Å². The van der Waals surface area contributed by atoms with Gasteiger partial charge in [-0.05, 0) is 23.3 Å². The van der Waals surface area contributed by atoms with Gasteiger partial charge in [0.2, 0.25) is 5.91 Å². The molecule has 128 valence electrons. The maximum atomic E-state index is 13.7. The van der Waals surface area contributed by atoms with Crippen molar-refractivity contribution in [1.82, 2.24) is 14.9 Å². The smallest absolute Gasteiger partial charge is 0.224 e. The van der Waals surface area contributed by atoms with Crippen molar-refractivity contribution in [3.8, 4) is 0 Å². The van der Waals surface area contributed by atoms with Gasteiger partial charge in [0.25, 0.3) is 0 Å². The van der Waals surface area contributed by atoms with E-state index in [-0.39, 0.29) is 22.9 Å². The van der Waals surface area contributed by atoms with E-state index in [0.717, 1.165) is 17.7 Å². The van der Waals surface area contributed by atoms with E-state index < -0.39 is 5.82 Å². The average Bonchev–Trinajstić information content (AvgIpc) is 3.11. The summed E-state index contributed by atoms with van der Waals surface area (Å²) in [6.07, 6.45) is 5.33. The lowest BCUT2D eigenvalue weighted by molar-refractivity contribution is -0.120. The molecule has 25 heavy (non-hydrogen) atoms. The summed E-state index contributed by atoms with van der Waals surface area (Å²) in [6.45, 7) is 1.13. The molecule has 0 aliphatic rings.